The summed E-state index contributed by atoms with van der Waals surface area (Å²) >= 11 is 0. The molecular formula is C23H30N6O2. The zero-order valence-electron chi connectivity index (χ0n) is 18.6. The maximum atomic E-state index is 12.9. The van der Waals surface area contributed by atoms with E-state index in [0.717, 1.165) is 19.3 Å². The van der Waals surface area contributed by atoms with Crippen LogP contribution in [0.4, 0.5) is 11.8 Å². The first kappa shape index (κ1) is 22.4. The second-order valence-electron chi connectivity index (χ2n) is 8.35. The summed E-state index contributed by atoms with van der Waals surface area (Å²) in [4.78, 5) is 37.6. The number of aryl methyl sites for hydroxylation is 1. The predicted octanol–water partition coefficient (Wildman–Crippen LogP) is 3.91. The van der Waals surface area contributed by atoms with Crippen molar-refractivity contribution in [2.45, 2.75) is 58.4 Å². The number of pyridine rings is 1. The molecule has 1 atom stereocenters. The van der Waals surface area contributed by atoms with E-state index in [1.807, 2.05) is 19.3 Å². The minimum atomic E-state index is -0.339. The second-order valence-corrected chi connectivity index (χ2v) is 8.35. The molecule has 0 aromatic carbocycles. The third-order valence-electron chi connectivity index (χ3n) is 5.52. The van der Waals surface area contributed by atoms with Gasteiger partial charge in [0.05, 0.1) is 11.2 Å². The van der Waals surface area contributed by atoms with Crippen LogP contribution in [-0.4, -0.2) is 36.6 Å². The zero-order chi connectivity index (χ0) is 22.6. The fraction of sp³-hybridized carbons (Fsp3) is 0.435. The molecule has 0 spiro atoms. The summed E-state index contributed by atoms with van der Waals surface area (Å²) in [7, 11) is 1.82. The van der Waals surface area contributed by atoms with Crippen LogP contribution in [0.3, 0.4) is 0 Å². The lowest BCUT2D eigenvalue weighted by atomic mass is 9.89. The molecule has 8 heteroatoms. The Hall–Kier alpha value is -3.29. The SMILES string of the molecule is CCCC[C@](C)(CCC(C)=O)Nc1nc(N)nc2cc(C(=O)c3cccn3C)cnc12. The van der Waals surface area contributed by atoms with Crippen LogP contribution < -0.4 is 11.1 Å². The lowest BCUT2D eigenvalue weighted by molar-refractivity contribution is -0.117. The maximum Gasteiger partial charge on any atom is 0.222 e. The van der Waals surface area contributed by atoms with Gasteiger partial charge >= 0.3 is 0 Å². The van der Waals surface area contributed by atoms with E-state index in [0.29, 0.717) is 41.0 Å². The Labute approximate surface area is 182 Å². The van der Waals surface area contributed by atoms with E-state index in [1.54, 1.807) is 29.8 Å². The number of hydrogen-bond acceptors (Lipinski definition) is 7. The lowest BCUT2D eigenvalue weighted by Crippen LogP contribution is -2.36. The zero-order valence-corrected chi connectivity index (χ0v) is 18.6. The molecule has 0 aliphatic heterocycles. The minimum absolute atomic E-state index is 0.102. The van der Waals surface area contributed by atoms with Crippen molar-refractivity contribution >= 4 is 34.4 Å². The van der Waals surface area contributed by atoms with E-state index in [1.165, 1.54) is 0 Å². The van der Waals surface area contributed by atoms with Crippen molar-refractivity contribution in [1.29, 1.82) is 0 Å². The van der Waals surface area contributed by atoms with E-state index in [2.05, 4.69) is 34.1 Å². The molecule has 0 radical (unpaired) electrons. The fourth-order valence-electron chi connectivity index (χ4n) is 3.65. The summed E-state index contributed by atoms with van der Waals surface area (Å²) in [5.41, 5.74) is 7.68. The van der Waals surface area contributed by atoms with E-state index < -0.39 is 0 Å². The molecule has 0 bridgehead atoms. The van der Waals surface area contributed by atoms with Crippen LogP contribution in [-0.2, 0) is 11.8 Å². The second kappa shape index (κ2) is 9.24. The van der Waals surface area contributed by atoms with E-state index >= 15 is 0 Å². The lowest BCUT2D eigenvalue weighted by Gasteiger charge is -2.31. The van der Waals surface area contributed by atoms with Crippen molar-refractivity contribution in [1.82, 2.24) is 19.5 Å². The normalized spacial score (nSPS) is 13.2. The number of aromatic nitrogens is 4. The number of nitrogens with zero attached hydrogens (tertiary/aromatic N) is 4. The van der Waals surface area contributed by atoms with Gasteiger partial charge in [0.2, 0.25) is 11.7 Å². The number of nitrogens with two attached hydrogens (primary N) is 1. The summed E-state index contributed by atoms with van der Waals surface area (Å²) < 4.78 is 1.77. The average Bonchev–Trinajstić information content (AvgIpc) is 3.15. The molecular weight excluding hydrogens is 392 g/mol. The largest absolute Gasteiger partial charge is 0.368 e. The Kier molecular flexibility index (Phi) is 6.68. The molecule has 3 N–H and O–H groups in total. The molecule has 8 nitrogen and oxygen atoms in total. The highest BCUT2D eigenvalue weighted by molar-refractivity contribution is 6.09. The number of fused-ring (bicyclic) bond motifs is 1. The van der Waals surface area contributed by atoms with Gasteiger partial charge in [-0.15, -0.1) is 0 Å². The number of carbonyl (C=O) groups is 2. The summed E-state index contributed by atoms with van der Waals surface area (Å²) in [6.07, 6.45) is 7.47. The number of anilines is 2. The first-order valence-electron chi connectivity index (χ1n) is 10.6. The number of rotatable bonds is 10. The first-order valence-corrected chi connectivity index (χ1v) is 10.6. The molecule has 0 aliphatic carbocycles. The topological polar surface area (TPSA) is 116 Å². The Bertz CT molecular complexity index is 1110. The number of nitrogens with one attached hydrogen (secondary N) is 1. The monoisotopic (exact) mass is 422 g/mol. The molecule has 0 fully saturated rings. The molecule has 0 saturated carbocycles. The number of carbonyl (C=O) groups excluding carboxylic acids is 2. The van der Waals surface area contributed by atoms with Crippen molar-refractivity contribution in [3.05, 3.63) is 41.9 Å². The average molecular weight is 423 g/mol. The van der Waals surface area contributed by atoms with E-state index in [-0.39, 0.29) is 23.1 Å². The molecule has 31 heavy (non-hydrogen) atoms. The van der Waals surface area contributed by atoms with Crippen LogP contribution in [0.2, 0.25) is 0 Å². The van der Waals surface area contributed by atoms with Crippen LogP contribution in [0.1, 0.15) is 68.9 Å². The standard InChI is InChI=1S/C23H30N6O2/c1-5-6-10-23(3,11-9-15(2)30)28-21-19-17(26-22(24)27-21)13-16(14-25-19)20(31)18-8-7-12-29(18)4/h7-8,12-14H,5-6,9-11H2,1-4H3,(H3,24,26,27,28)/t23-/m1/s1. The summed E-state index contributed by atoms with van der Waals surface area (Å²) in [5, 5.41) is 3.48. The number of unbranched alkanes of at least 4 members (excludes halogenated alkanes) is 1. The Morgan fingerprint density at radius 2 is 2.03 bits per heavy atom. The Balaban J connectivity index is 1.97. The highest BCUT2D eigenvalue weighted by atomic mass is 16.1. The molecule has 0 unspecified atom stereocenters. The van der Waals surface area contributed by atoms with E-state index in [4.69, 9.17) is 5.73 Å². The third-order valence-corrected chi connectivity index (χ3v) is 5.52. The number of Topliss-reactive ketones (excluding diaryl/α,β-unsaturated/α-hetero) is 1. The third kappa shape index (κ3) is 5.25. The first-order chi connectivity index (χ1) is 14.7. The van der Waals surface area contributed by atoms with Crippen molar-refractivity contribution in [3.63, 3.8) is 0 Å². The van der Waals surface area contributed by atoms with Crippen molar-refractivity contribution in [3.8, 4) is 0 Å². The summed E-state index contributed by atoms with van der Waals surface area (Å²) in [6.45, 7) is 5.82. The molecule has 3 rings (SSSR count). The van der Waals surface area contributed by atoms with Crippen LogP contribution >= 0.6 is 0 Å². The van der Waals surface area contributed by atoms with Gasteiger partial charge in [-0.3, -0.25) is 4.79 Å². The van der Waals surface area contributed by atoms with E-state index in [9.17, 15) is 9.59 Å². The van der Waals surface area contributed by atoms with Crippen LogP contribution in [0.15, 0.2) is 30.6 Å². The van der Waals surface area contributed by atoms with Crippen LogP contribution in [0.5, 0.6) is 0 Å². The summed E-state index contributed by atoms with van der Waals surface area (Å²) in [5.74, 6) is 0.633. The van der Waals surface area contributed by atoms with Gasteiger partial charge in [0, 0.05) is 37.0 Å². The molecule has 0 saturated heterocycles. The smallest absolute Gasteiger partial charge is 0.222 e. The van der Waals surface area contributed by atoms with Gasteiger partial charge in [0.25, 0.3) is 0 Å². The van der Waals surface area contributed by atoms with Gasteiger partial charge in [-0.05, 0) is 44.9 Å². The summed E-state index contributed by atoms with van der Waals surface area (Å²) in [6, 6.07) is 5.28. The fourth-order valence-corrected chi connectivity index (χ4v) is 3.65. The molecule has 3 aromatic rings. The molecule has 0 amide bonds. The number of nitrogen functional groups attached to an aromatic ring is 1. The van der Waals surface area contributed by atoms with Gasteiger partial charge in [-0.1, -0.05) is 19.8 Å². The van der Waals surface area contributed by atoms with Crippen molar-refractivity contribution in [2.75, 3.05) is 11.1 Å². The molecule has 3 aromatic heterocycles. The highest BCUT2D eigenvalue weighted by Crippen LogP contribution is 2.29. The van der Waals surface area contributed by atoms with Gasteiger partial charge < -0.3 is 20.4 Å². The Morgan fingerprint density at radius 1 is 1.26 bits per heavy atom. The van der Waals surface area contributed by atoms with Gasteiger partial charge in [-0.25, -0.2) is 9.97 Å². The number of hydrogen-bond donors (Lipinski definition) is 2. The van der Waals surface area contributed by atoms with Crippen molar-refractivity contribution in [2.24, 2.45) is 7.05 Å². The Morgan fingerprint density at radius 3 is 2.68 bits per heavy atom. The highest BCUT2D eigenvalue weighted by Gasteiger charge is 2.26. The molecule has 3 heterocycles. The van der Waals surface area contributed by atoms with Crippen LogP contribution in [0, 0.1) is 0 Å². The molecule has 164 valence electrons. The van der Waals surface area contributed by atoms with Gasteiger partial charge in [-0.2, -0.15) is 4.98 Å². The maximum absolute atomic E-state index is 12.9. The molecule has 0 aliphatic rings. The van der Waals surface area contributed by atoms with Crippen molar-refractivity contribution < 1.29 is 9.59 Å². The number of ketones is 2. The van der Waals surface area contributed by atoms with Gasteiger partial charge in [0.1, 0.15) is 11.3 Å². The minimum Gasteiger partial charge on any atom is -0.368 e. The van der Waals surface area contributed by atoms with Crippen LogP contribution in [0.25, 0.3) is 11.0 Å². The quantitative estimate of drug-likeness (QED) is 0.476. The predicted molar refractivity (Wildman–Crippen MR) is 122 cm³/mol. The van der Waals surface area contributed by atoms with Gasteiger partial charge in [0.15, 0.2) is 5.82 Å².